The summed E-state index contributed by atoms with van der Waals surface area (Å²) in [5.74, 6) is 0. The summed E-state index contributed by atoms with van der Waals surface area (Å²) in [6.07, 6.45) is 1.46. The standard InChI is InChI=1S/C14H21NO/c1-10-4-6-13(7-5-10)11(2)15-14-8-9-16-12(14)3/h4-7,11-12,14-15H,8-9H2,1-3H3/t11-,12?,14?/m1/s1. The minimum absolute atomic E-state index is 0.341. The van der Waals surface area contributed by atoms with Crippen LogP contribution in [0.15, 0.2) is 24.3 Å². The van der Waals surface area contributed by atoms with Gasteiger partial charge in [-0.15, -0.1) is 0 Å². The molecule has 0 aliphatic carbocycles. The number of ether oxygens (including phenoxy) is 1. The molecule has 16 heavy (non-hydrogen) atoms. The largest absolute Gasteiger partial charge is 0.377 e. The Balaban J connectivity index is 1.97. The quantitative estimate of drug-likeness (QED) is 0.844. The molecule has 0 radical (unpaired) electrons. The average molecular weight is 219 g/mol. The van der Waals surface area contributed by atoms with Crippen molar-refractivity contribution < 1.29 is 4.74 Å². The molecule has 2 unspecified atom stereocenters. The van der Waals surface area contributed by atoms with Crippen LogP contribution in [0.1, 0.15) is 37.4 Å². The van der Waals surface area contributed by atoms with E-state index in [-0.39, 0.29) is 0 Å². The lowest BCUT2D eigenvalue weighted by atomic mass is 10.0. The molecule has 1 N–H and O–H groups in total. The fourth-order valence-electron chi connectivity index (χ4n) is 2.22. The Morgan fingerprint density at radius 3 is 2.56 bits per heavy atom. The highest BCUT2D eigenvalue weighted by Gasteiger charge is 2.25. The maximum absolute atomic E-state index is 5.56. The molecular weight excluding hydrogens is 198 g/mol. The number of benzene rings is 1. The topological polar surface area (TPSA) is 21.3 Å². The van der Waals surface area contributed by atoms with Crippen molar-refractivity contribution in [2.24, 2.45) is 0 Å². The van der Waals surface area contributed by atoms with E-state index < -0.39 is 0 Å². The molecule has 1 fully saturated rings. The molecule has 1 saturated heterocycles. The van der Waals surface area contributed by atoms with Gasteiger partial charge in [-0.05, 0) is 32.8 Å². The van der Waals surface area contributed by atoms with Crippen LogP contribution >= 0.6 is 0 Å². The van der Waals surface area contributed by atoms with Crippen molar-refractivity contribution in [3.05, 3.63) is 35.4 Å². The summed E-state index contributed by atoms with van der Waals surface area (Å²) < 4.78 is 5.56. The lowest BCUT2D eigenvalue weighted by Crippen LogP contribution is -2.36. The highest BCUT2D eigenvalue weighted by Crippen LogP contribution is 2.19. The second-order valence-electron chi connectivity index (χ2n) is 4.77. The molecule has 1 aromatic carbocycles. The van der Waals surface area contributed by atoms with Crippen LogP contribution in [0.2, 0.25) is 0 Å². The third-order valence-electron chi connectivity index (χ3n) is 3.42. The van der Waals surface area contributed by atoms with E-state index in [1.807, 2.05) is 0 Å². The average Bonchev–Trinajstić information content (AvgIpc) is 2.65. The molecular formula is C14H21NO. The van der Waals surface area contributed by atoms with Crippen LogP contribution in [0.25, 0.3) is 0 Å². The predicted molar refractivity (Wildman–Crippen MR) is 66.5 cm³/mol. The van der Waals surface area contributed by atoms with Crippen LogP contribution in [-0.2, 0) is 4.74 Å². The SMILES string of the molecule is Cc1ccc([C@@H](C)NC2CCOC2C)cc1. The molecule has 2 nitrogen and oxygen atoms in total. The van der Waals surface area contributed by atoms with Crippen molar-refractivity contribution in [1.82, 2.24) is 5.32 Å². The van der Waals surface area contributed by atoms with E-state index in [4.69, 9.17) is 4.74 Å². The third kappa shape index (κ3) is 2.63. The maximum atomic E-state index is 5.56. The molecule has 1 aliphatic heterocycles. The van der Waals surface area contributed by atoms with Crippen LogP contribution < -0.4 is 5.32 Å². The molecule has 2 rings (SSSR count). The lowest BCUT2D eigenvalue weighted by molar-refractivity contribution is 0.111. The monoisotopic (exact) mass is 219 g/mol. The van der Waals surface area contributed by atoms with Gasteiger partial charge < -0.3 is 10.1 Å². The number of hydrogen-bond donors (Lipinski definition) is 1. The summed E-state index contributed by atoms with van der Waals surface area (Å²) in [6, 6.07) is 9.64. The zero-order valence-corrected chi connectivity index (χ0v) is 10.4. The maximum Gasteiger partial charge on any atom is 0.0700 e. The second kappa shape index (κ2) is 4.98. The number of aryl methyl sites for hydroxylation is 1. The first kappa shape index (κ1) is 11.6. The summed E-state index contributed by atoms with van der Waals surface area (Å²) in [7, 11) is 0. The minimum atomic E-state index is 0.341. The molecule has 1 aromatic rings. The Labute approximate surface area is 98.0 Å². The van der Waals surface area contributed by atoms with Gasteiger partial charge in [0.1, 0.15) is 0 Å². The zero-order valence-electron chi connectivity index (χ0n) is 10.4. The second-order valence-corrected chi connectivity index (χ2v) is 4.77. The van der Waals surface area contributed by atoms with Crippen molar-refractivity contribution >= 4 is 0 Å². The highest BCUT2D eigenvalue weighted by molar-refractivity contribution is 5.23. The molecule has 1 aliphatic rings. The molecule has 0 bridgehead atoms. The summed E-state index contributed by atoms with van der Waals surface area (Å²) >= 11 is 0. The van der Waals surface area contributed by atoms with E-state index >= 15 is 0 Å². The van der Waals surface area contributed by atoms with Crippen LogP contribution in [0, 0.1) is 6.92 Å². The van der Waals surface area contributed by atoms with Crippen molar-refractivity contribution in [3.8, 4) is 0 Å². The van der Waals surface area contributed by atoms with E-state index in [1.54, 1.807) is 0 Å². The van der Waals surface area contributed by atoms with Crippen LogP contribution in [-0.4, -0.2) is 18.8 Å². The summed E-state index contributed by atoms with van der Waals surface area (Å²) in [6.45, 7) is 7.37. The Morgan fingerprint density at radius 1 is 1.31 bits per heavy atom. The van der Waals surface area contributed by atoms with E-state index in [0.29, 0.717) is 18.2 Å². The Morgan fingerprint density at radius 2 is 2.00 bits per heavy atom. The first-order valence-corrected chi connectivity index (χ1v) is 6.11. The van der Waals surface area contributed by atoms with Crippen molar-refractivity contribution in [2.45, 2.75) is 45.4 Å². The Hall–Kier alpha value is -0.860. The minimum Gasteiger partial charge on any atom is -0.377 e. The molecule has 0 spiro atoms. The summed E-state index contributed by atoms with van der Waals surface area (Å²) in [4.78, 5) is 0. The number of rotatable bonds is 3. The van der Waals surface area contributed by atoms with Crippen LogP contribution in [0.5, 0.6) is 0 Å². The van der Waals surface area contributed by atoms with Gasteiger partial charge in [-0.2, -0.15) is 0 Å². The first-order valence-electron chi connectivity index (χ1n) is 6.11. The van der Waals surface area contributed by atoms with Crippen LogP contribution in [0.3, 0.4) is 0 Å². The van der Waals surface area contributed by atoms with Crippen molar-refractivity contribution in [1.29, 1.82) is 0 Å². The Bertz CT molecular complexity index is 333. The summed E-state index contributed by atoms with van der Waals surface area (Å²) in [5, 5.41) is 3.64. The molecule has 88 valence electrons. The van der Waals surface area contributed by atoms with Gasteiger partial charge in [0, 0.05) is 18.7 Å². The van der Waals surface area contributed by atoms with Gasteiger partial charge in [-0.1, -0.05) is 29.8 Å². The first-order chi connectivity index (χ1) is 7.66. The molecule has 0 saturated carbocycles. The fourth-order valence-corrected chi connectivity index (χ4v) is 2.22. The van der Waals surface area contributed by atoms with Gasteiger partial charge in [0.15, 0.2) is 0 Å². The van der Waals surface area contributed by atoms with E-state index in [2.05, 4.69) is 50.4 Å². The van der Waals surface area contributed by atoms with Crippen molar-refractivity contribution in [3.63, 3.8) is 0 Å². The molecule has 1 heterocycles. The van der Waals surface area contributed by atoms with Gasteiger partial charge in [-0.3, -0.25) is 0 Å². The smallest absolute Gasteiger partial charge is 0.0700 e. The van der Waals surface area contributed by atoms with E-state index in [1.165, 1.54) is 11.1 Å². The zero-order chi connectivity index (χ0) is 11.5. The van der Waals surface area contributed by atoms with Crippen LogP contribution in [0.4, 0.5) is 0 Å². The third-order valence-corrected chi connectivity index (χ3v) is 3.42. The molecule has 3 atom stereocenters. The fraction of sp³-hybridized carbons (Fsp3) is 0.571. The van der Waals surface area contributed by atoms with Gasteiger partial charge in [0.2, 0.25) is 0 Å². The van der Waals surface area contributed by atoms with E-state index in [9.17, 15) is 0 Å². The number of hydrogen-bond acceptors (Lipinski definition) is 2. The molecule has 0 aromatic heterocycles. The Kier molecular flexibility index (Phi) is 3.62. The molecule has 0 amide bonds. The lowest BCUT2D eigenvalue weighted by Gasteiger charge is -2.22. The molecule has 2 heteroatoms. The number of nitrogens with one attached hydrogen (secondary N) is 1. The van der Waals surface area contributed by atoms with Gasteiger partial charge in [0.25, 0.3) is 0 Å². The van der Waals surface area contributed by atoms with Crippen molar-refractivity contribution in [2.75, 3.05) is 6.61 Å². The van der Waals surface area contributed by atoms with Gasteiger partial charge in [0.05, 0.1) is 6.10 Å². The van der Waals surface area contributed by atoms with E-state index in [0.717, 1.165) is 13.0 Å². The summed E-state index contributed by atoms with van der Waals surface area (Å²) in [5.41, 5.74) is 2.67. The predicted octanol–water partition coefficient (Wildman–Crippen LogP) is 2.82. The van der Waals surface area contributed by atoms with Gasteiger partial charge in [-0.25, -0.2) is 0 Å². The highest BCUT2D eigenvalue weighted by atomic mass is 16.5. The normalized spacial score (nSPS) is 26.9. The van der Waals surface area contributed by atoms with Gasteiger partial charge >= 0.3 is 0 Å².